The van der Waals surface area contributed by atoms with E-state index in [-0.39, 0.29) is 31.0 Å². The van der Waals surface area contributed by atoms with E-state index in [1.54, 1.807) is 36.5 Å². The second-order valence-corrected chi connectivity index (χ2v) is 9.58. The zero-order chi connectivity index (χ0) is 28.8. The number of benzene rings is 3. The Labute approximate surface area is 234 Å². The maximum absolute atomic E-state index is 14.7. The number of nitrogens with zero attached hydrogens (tertiary/aromatic N) is 6. The molecule has 0 saturated carbocycles. The molecule has 0 fully saturated rings. The van der Waals surface area contributed by atoms with Crippen molar-refractivity contribution in [3.05, 3.63) is 131 Å². The van der Waals surface area contributed by atoms with E-state index in [2.05, 4.69) is 20.4 Å². The molecule has 2 heterocycles. The number of carbonyl (C=O) groups is 1. The van der Waals surface area contributed by atoms with Gasteiger partial charge in [-0.15, -0.1) is 5.10 Å². The standard InChI is InChI=1S/C30H26F2N6O3/c1-21-2-4-22(5-3-21)6-13-29(39)23-7-10-26(11-8-23)41-16-25-15-37(36-35-25)17-30(40,18-38-20-33-19-34-38)27-12-9-24(31)14-28(27)32/h2-15,19-20,40H,16-18H2,1H3. The van der Waals surface area contributed by atoms with E-state index in [4.69, 9.17) is 4.74 Å². The summed E-state index contributed by atoms with van der Waals surface area (Å²) in [5.74, 6) is -1.26. The Hall–Kier alpha value is -5.03. The van der Waals surface area contributed by atoms with Gasteiger partial charge in [0.1, 0.15) is 47.9 Å². The van der Waals surface area contributed by atoms with Crippen molar-refractivity contribution in [1.82, 2.24) is 29.8 Å². The van der Waals surface area contributed by atoms with Crippen LogP contribution in [0, 0.1) is 18.6 Å². The molecule has 1 atom stereocenters. The van der Waals surface area contributed by atoms with Gasteiger partial charge in [0.15, 0.2) is 5.78 Å². The fourth-order valence-electron chi connectivity index (χ4n) is 4.24. The van der Waals surface area contributed by atoms with Crippen molar-refractivity contribution in [2.75, 3.05) is 0 Å². The molecule has 5 aromatic rings. The lowest BCUT2D eigenvalue weighted by Crippen LogP contribution is -2.37. The SMILES string of the molecule is Cc1ccc(C=CC(=O)c2ccc(OCc3cn(CC(O)(Cn4cncn4)c4ccc(F)cc4F)nn3)cc2)cc1. The summed E-state index contributed by atoms with van der Waals surface area (Å²) in [4.78, 5) is 16.4. The maximum Gasteiger partial charge on any atom is 0.185 e. The van der Waals surface area contributed by atoms with Crippen LogP contribution in [0.2, 0.25) is 0 Å². The van der Waals surface area contributed by atoms with Crippen molar-refractivity contribution in [3.63, 3.8) is 0 Å². The number of aryl methyl sites for hydroxylation is 1. The van der Waals surface area contributed by atoms with Crippen LogP contribution in [0.25, 0.3) is 6.08 Å². The van der Waals surface area contributed by atoms with Crippen LogP contribution in [-0.4, -0.2) is 40.6 Å². The molecule has 3 aromatic carbocycles. The molecule has 0 saturated heterocycles. The molecule has 41 heavy (non-hydrogen) atoms. The Balaban J connectivity index is 1.22. The van der Waals surface area contributed by atoms with Crippen LogP contribution in [0.4, 0.5) is 8.78 Å². The molecule has 2 aromatic heterocycles. The van der Waals surface area contributed by atoms with Gasteiger partial charge in [-0.05, 0) is 48.9 Å². The van der Waals surface area contributed by atoms with Crippen molar-refractivity contribution in [2.45, 2.75) is 32.2 Å². The molecule has 0 spiro atoms. The van der Waals surface area contributed by atoms with Crippen LogP contribution in [0.15, 0.2) is 91.7 Å². The minimum absolute atomic E-state index is 0.0625. The van der Waals surface area contributed by atoms with Crippen LogP contribution in [0.1, 0.15) is 32.7 Å². The minimum Gasteiger partial charge on any atom is -0.487 e. The number of halogens is 2. The van der Waals surface area contributed by atoms with Crippen LogP contribution in [0.3, 0.4) is 0 Å². The fourth-order valence-corrected chi connectivity index (χ4v) is 4.24. The predicted molar refractivity (Wildman–Crippen MR) is 146 cm³/mol. The van der Waals surface area contributed by atoms with Crippen LogP contribution in [-0.2, 0) is 25.3 Å². The largest absolute Gasteiger partial charge is 0.487 e. The van der Waals surface area contributed by atoms with Crippen molar-refractivity contribution in [1.29, 1.82) is 0 Å². The number of hydrogen-bond acceptors (Lipinski definition) is 7. The molecule has 11 heteroatoms. The van der Waals surface area contributed by atoms with E-state index >= 15 is 0 Å². The Bertz CT molecular complexity index is 1650. The van der Waals surface area contributed by atoms with E-state index in [9.17, 15) is 18.7 Å². The Morgan fingerprint density at radius 2 is 1.78 bits per heavy atom. The van der Waals surface area contributed by atoms with Gasteiger partial charge in [-0.25, -0.2) is 23.1 Å². The third kappa shape index (κ3) is 6.95. The molecular formula is C30H26F2N6O3. The topological polar surface area (TPSA) is 108 Å². The lowest BCUT2D eigenvalue weighted by molar-refractivity contribution is -0.00892. The second-order valence-electron chi connectivity index (χ2n) is 9.58. The monoisotopic (exact) mass is 556 g/mol. The number of ketones is 1. The highest BCUT2D eigenvalue weighted by Gasteiger charge is 2.34. The molecular weight excluding hydrogens is 530 g/mol. The number of aromatic nitrogens is 6. The van der Waals surface area contributed by atoms with Crippen LogP contribution >= 0.6 is 0 Å². The van der Waals surface area contributed by atoms with Gasteiger partial charge in [0, 0.05) is 17.2 Å². The number of aliphatic hydroxyl groups is 1. The first-order valence-corrected chi connectivity index (χ1v) is 12.7. The summed E-state index contributed by atoms with van der Waals surface area (Å²) in [7, 11) is 0. The number of hydrogen-bond donors (Lipinski definition) is 1. The summed E-state index contributed by atoms with van der Waals surface area (Å²) in [6.07, 6.45) is 7.53. The van der Waals surface area contributed by atoms with E-state index in [1.165, 1.54) is 34.2 Å². The first-order valence-electron chi connectivity index (χ1n) is 12.7. The van der Waals surface area contributed by atoms with Gasteiger partial charge < -0.3 is 9.84 Å². The lowest BCUT2D eigenvalue weighted by atomic mass is 9.93. The highest BCUT2D eigenvalue weighted by atomic mass is 19.1. The van der Waals surface area contributed by atoms with Gasteiger partial charge in [-0.3, -0.25) is 4.79 Å². The molecule has 0 bridgehead atoms. The third-order valence-corrected chi connectivity index (χ3v) is 6.36. The summed E-state index contributed by atoms with van der Waals surface area (Å²) in [6.45, 7) is 1.71. The summed E-state index contributed by atoms with van der Waals surface area (Å²) >= 11 is 0. The first kappa shape index (κ1) is 27.5. The molecule has 0 aliphatic rings. The normalized spacial score (nSPS) is 12.9. The fraction of sp³-hybridized carbons (Fsp3) is 0.167. The Morgan fingerprint density at radius 1 is 1.02 bits per heavy atom. The van der Waals surface area contributed by atoms with Gasteiger partial charge in [-0.2, -0.15) is 5.10 Å². The molecule has 0 amide bonds. The van der Waals surface area contributed by atoms with E-state index < -0.39 is 17.2 Å². The quantitative estimate of drug-likeness (QED) is 0.188. The van der Waals surface area contributed by atoms with Gasteiger partial charge in [0.25, 0.3) is 0 Å². The van der Waals surface area contributed by atoms with Gasteiger partial charge in [-0.1, -0.05) is 47.2 Å². The number of rotatable bonds is 11. The van der Waals surface area contributed by atoms with Crippen molar-refractivity contribution in [2.24, 2.45) is 0 Å². The van der Waals surface area contributed by atoms with Crippen LogP contribution in [0.5, 0.6) is 5.75 Å². The summed E-state index contributed by atoms with van der Waals surface area (Å²) in [6, 6.07) is 17.6. The first-order chi connectivity index (χ1) is 19.8. The zero-order valence-electron chi connectivity index (χ0n) is 22.1. The Morgan fingerprint density at radius 3 is 2.49 bits per heavy atom. The average molecular weight is 557 g/mol. The zero-order valence-corrected chi connectivity index (χ0v) is 22.1. The minimum atomic E-state index is -1.84. The number of ether oxygens (including phenoxy) is 1. The predicted octanol–water partition coefficient (Wildman–Crippen LogP) is 4.52. The van der Waals surface area contributed by atoms with Gasteiger partial charge in [0.2, 0.25) is 0 Å². The third-order valence-electron chi connectivity index (χ3n) is 6.36. The van der Waals surface area contributed by atoms with Gasteiger partial charge in [0.05, 0.1) is 19.3 Å². The number of allylic oxidation sites excluding steroid dienone is 1. The Kier molecular flexibility index (Phi) is 8.06. The summed E-state index contributed by atoms with van der Waals surface area (Å²) < 4.78 is 36.7. The van der Waals surface area contributed by atoms with Gasteiger partial charge >= 0.3 is 0 Å². The maximum atomic E-state index is 14.7. The molecule has 1 N–H and O–H groups in total. The summed E-state index contributed by atoms with van der Waals surface area (Å²) in [5.41, 5.74) is 1.10. The molecule has 5 rings (SSSR count). The second kappa shape index (κ2) is 12.0. The summed E-state index contributed by atoms with van der Waals surface area (Å²) in [5, 5.41) is 23.6. The number of carbonyl (C=O) groups excluding carboxylic acids is 1. The molecule has 9 nitrogen and oxygen atoms in total. The smallest absolute Gasteiger partial charge is 0.185 e. The average Bonchev–Trinajstić information content (AvgIpc) is 3.63. The lowest BCUT2D eigenvalue weighted by Gasteiger charge is -2.28. The van der Waals surface area contributed by atoms with Crippen molar-refractivity contribution >= 4 is 11.9 Å². The molecule has 0 aliphatic carbocycles. The molecule has 208 valence electrons. The highest BCUT2D eigenvalue weighted by molar-refractivity contribution is 6.06. The molecule has 1 unspecified atom stereocenters. The molecule has 0 aliphatic heterocycles. The van der Waals surface area contributed by atoms with E-state index in [1.807, 2.05) is 31.2 Å². The highest BCUT2D eigenvalue weighted by Crippen LogP contribution is 2.28. The van der Waals surface area contributed by atoms with E-state index in [0.717, 1.165) is 17.2 Å². The van der Waals surface area contributed by atoms with E-state index in [0.29, 0.717) is 23.1 Å². The van der Waals surface area contributed by atoms with Crippen LogP contribution < -0.4 is 4.74 Å². The van der Waals surface area contributed by atoms with Crippen molar-refractivity contribution < 1.29 is 23.4 Å². The molecule has 0 radical (unpaired) electrons. The van der Waals surface area contributed by atoms with Crippen molar-refractivity contribution in [3.8, 4) is 5.75 Å².